The molecular weight excluding hydrogens is 292 g/mol. The van der Waals surface area contributed by atoms with E-state index >= 15 is 0 Å². The summed E-state index contributed by atoms with van der Waals surface area (Å²) in [6.45, 7) is 4.03. The maximum atomic E-state index is 12.5. The molecule has 23 heavy (non-hydrogen) atoms. The normalized spacial score (nSPS) is 25.0. The lowest BCUT2D eigenvalue weighted by Crippen LogP contribution is -2.55. The Kier molecular flexibility index (Phi) is 4.54. The lowest BCUT2D eigenvalue weighted by atomic mass is 10.2. The van der Waals surface area contributed by atoms with Crippen LogP contribution in [0.1, 0.15) is 26.2 Å². The second-order valence-electron chi connectivity index (χ2n) is 6.42. The van der Waals surface area contributed by atoms with Crippen molar-refractivity contribution in [2.75, 3.05) is 31.6 Å². The highest BCUT2D eigenvalue weighted by molar-refractivity contribution is 5.98. The first-order valence-corrected chi connectivity index (χ1v) is 8.39. The molecule has 1 amide bonds. The molecule has 0 bridgehead atoms. The van der Waals surface area contributed by atoms with Gasteiger partial charge in [0.05, 0.1) is 11.9 Å². The van der Waals surface area contributed by atoms with E-state index in [0.29, 0.717) is 19.1 Å². The summed E-state index contributed by atoms with van der Waals surface area (Å²) in [5, 5.41) is 7.66. The summed E-state index contributed by atoms with van der Waals surface area (Å²) in [6, 6.07) is 0.528. The minimum Gasteiger partial charge on any atom is -0.353 e. The van der Waals surface area contributed by atoms with Crippen molar-refractivity contribution in [1.29, 1.82) is 0 Å². The third-order valence-corrected chi connectivity index (χ3v) is 4.63. The van der Waals surface area contributed by atoms with Gasteiger partial charge >= 0.3 is 0 Å². The van der Waals surface area contributed by atoms with Gasteiger partial charge in [-0.1, -0.05) is 13.3 Å². The highest BCUT2D eigenvalue weighted by Gasteiger charge is 2.38. The first kappa shape index (κ1) is 15.8. The quantitative estimate of drug-likeness (QED) is 0.660. The van der Waals surface area contributed by atoms with Crippen LogP contribution in [-0.2, 0) is 11.8 Å². The number of carbonyl (C=O) groups excluding carboxylic acids is 1. The summed E-state index contributed by atoms with van der Waals surface area (Å²) < 4.78 is 1.72. The van der Waals surface area contributed by atoms with Crippen LogP contribution in [0.2, 0.25) is 0 Å². The number of hydrogen-bond donors (Lipinski definition) is 1. The molecule has 2 atom stereocenters. The van der Waals surface area contributed by atoms with Gasteiger partial charge in [0.25, 0.3) is 0 Å². The maximum Gasteiger partial charge on any atom is 0.246 e. The summed E-state index contributed by atoms with van der Waals surface area (Å²) in [4.78, 5) is 20.7. The lowest BCUT2D eigenvalue weighted by Gasteiger charge is -2.35. The zero-order chi connectivity index (χ0) is 16.4. The molecule has 7 nitrogen and oxygen atoms in total. The molecule has 1 N–H and O–H groups in total. The van der Waals surface area contributed by atoms with E-state index < -0.39 is 0 Å². The standard InChI is InChI=1S/C16H26N6O/c1-4-5-12-8-14(12)19-16(17-2)21-6-7-22(15(23)11-21)13-9-18-20(3)10-13/h9-10,12,14H,4-8,11H2,1-3H3,(H,17,19). The van der Waals surface area contributed by atoms with Crippen molar-refractivity contribution in [3.63, 3.8) is 0 Å². The number of piperazine rings is 1. The number of aryl methyl sites for hydroxylation is 1. The maximum absolute atomic E-state index is 12.5. The molecular formula is C16H26N6O. The molecule has 126 valence electrons. The highest BCUT2D eigenvalue weighted by Crippen LogP contribution is 2.34. The number of aliphatic imine (C=N–C) groups is 1. The minimum absolute atomic E-state index is 0.0908. The van der Waals surface area contributed by atoms with Crippen molar-refractivity contribution >= 4 is 17.6 Å². The van der Waals surface area contributed by atoms with E-state index in [4.69, 9.17) is 0 Å². The Morgan fingerprint density at radius 1 is 1.48 bits per heavy atom. The van der Waals surface area contributed by atoms with Gasteiger partial charge in [0.1, 0.15) is 6.54 Å². The SMILES string of the molecule is CCCC1CC1NC(=NC)N1CCN(c2cnn(C)c2)C(=O)C1. The molecule has 1 aliphatic carbocycles. The molecule has 0 spiro atoms. The van der Waals surface area contributed by atoms with E-state index in [1.165, 1.54) is 19.3 Å². The highest BCUT2D eigenvalue weighted by atomic mass is 16.2. The summed E-state index contributed by atoms with van der Waals surface area (Å²) in [7, 11) is 3.65. The van der Waals surface area contributed by atoms with Gasteiger partial charge in [0.15, 0.2) is 5.96 Å². The Bertz CT molecular complexity index is 595. The largest absolute Gasteiger partial charge is 0.353 e. The van der Waals surface area contributed by atoms with Crippen molar-refractivity contribution in [1.82, 2.24) is 20.0 Å². The molecule has 1 aliphatic heterocycles. The fourth-order valence-electron chi connectivity index (χ4n) is 3.25. The number of anilines is 1. The number of rotatable bonds is 4. The Labute approximate surface area is 137 Å². The average Bonchev–Trinajstić information content (AvgIpc) is 3.12. The van der Waals surface area contributed by atoms with Crippen LogP contribution in [0.5, 0.6) is 0 Å². The second-order valence-corrected chi connectivity index (χ2v) is 6.42. The van der Waals surface area contributed by atoms with Gasteiger partial charge in [0, 0.05) is 39.4 Å². The Hall–Kier alpha value is -2.05. The van der Waals surface area contributed by atoms with Gasteiger partial charge in [0.2, 0.25) is 5.91 Å². The number of aromatic nitrogens is 2. The van der Waals surface area contributed by atoms with Crippen LogP contribution in [0.25, 0.3) is 0 Å². The van der Waals surface area contributed by atoms with Crippen LogP contribution in [0.15, 0.2) is 17.4 Å². The smallest absolute Gasteiger partial charge is 0.246 e. The number of carbonyl (C=O) groups is 1. The fraction of sp³-hybridized carbons (Fsp3) is 0.688. The van der Waals surface area contributed by atoms with Crippen LogP contribution in [0.3, 0.4) is 0 Å². The predicted molar refractivity (Wildman–Crippen MR) is 90.4 cm³/mol. The Balaban J connectivity index is 1.57. The van der Waals surface area contributed by atoms with Gasteiger partial charge in [-0.05, 0) is 18.8 Å². The van der Waals surface area contributed by atoms with E-state index in [1.54, 1.807) is 22.8 Å². The molecule has 1 aromatic heterocycles. The Morgan fingerprint density at radius 3 is 2.91 bits per heavy atom. The van der Waals surface area contributed by atoms with Crippen LogP contribution in [0.4, 0.5) is 5.69 Å². The molecule has 7 heteroatoms. The van der Waals surface area contributed by atoms with Crippen molar-refractivity contribution in [2.24, 2.45) is 18.0 Å². The molecule has 2 aliphatic rings. The zero-order valence-corrected chi connectivity index (χ0v) is 14.2. The van der Waals surface area contributed by atoms with Crippen LogP contribution in [-0.4, -0.2) is 59.3 Å². The first-order valence-electron chi connectivity index (χ1n) is 8.39. The van der Waals surface area contributed by atoms with Crippen molar-refractivity contribution in [3.8, 4) is 0 Å². The molecule has 1 aromatic rings. The van der Waals surface area contributed by atoms with Crippen molar-refractivity contribution < 1.29 is 4.79 Å². The molecule has 0 aromatic carbocycles. The number of guanidine groups is 1. The lowest BCUT2D eigenvalue weighted by molar-refractivity contribution is -0.120. The third kappa shape index (κ3) is 3.48. The average molecular weight is 318 g/mol. The summed E-state index contributed by atoms with van der Waals surface area (Å²) in [6.07, 6.45) is 7.32. The Morgan fingerprint density at radius 2 is 2.30 bits per heavy atom. The number of hydrogen-bond acceptors (Lipinski definition) is 3. The second kappa shape index (κ2) is 6.60. The van der Waals surface area contributed by atoms with Crippen LogP contribution in [0, 0.1) is 5.92 Å². The van der Waals surface area contributed by atoms with Gasteiger partial charge in [-0.15, -0.1) is 0 Å². The fourth-order valence-corrected chi connectivity index (χ4v) is 3.25. The first-order chi connectivity index (χ1) is 11.1. The van der Waals surface area contributed by atoms with Crippen LogP contribution < -0.4 is 10.2 Å². The predicted octanol–water partition coefficient (Wildman–Crippen LogP) is 0.833. The summed E-state index contributed by atoms with van der Waals surface area (Å²) in [5.74, 6) is 1.71. The molecule has 2 heterocycles. The molecule has 1 saturated heterocycles. The van der Waals surface area contributed by atoms with Crippen molar-refractivity contribution in [3.05, 3.63) is 12.4 Å². The van der Waals surface area contributed by atoms with Gasteiger partial charge in [-0.2, -0.15) is 5.10 Å². The minimum atomic E-state index is 0.0908. The topological polar surface area (TPSA) is 65.8 Å². The van der Waals surface area contributed by atoms with Crippen LogP contribution >= 0.6 is 0 Å². The third-order valence-electron chi connectivity index (χ3n) is 4.63. The number of nitrogens with zero attached hydrogens (tertiary/aromatic N) is 5. The van der Waals surface area contributed by atoms with Gasteiger partial charge < -0.3 is 15.1 Å². The molecule has 2 fully saturated rings. The number of amides is 1. The van der Waals surface area contributed by atoms with Gasteiger partial charge in [-0.25, -0.2) is 0 Å². The monoisotopic (exact) mass is 318 g/mol. The summed E-state index contributed by atoms with van der Waals surface area (Å²) in [5.41, 5.74) is 0.866. The molecule has 2 unspecified atom stereocenters. The van der Waals surface area contributed by atoms with E-state index in [2.05, 4.69) is 27.2 Å². The van der Waals surface area contributed by atoms with Gasteiger partial charge in [-0.3, -0.25) is 14.5 Å². The van der Waals surface area contributed by atoms with E-state index in [9.17, 15) is 4.79 Å². The van der Waals surface area contributed by atoms with E-state index in [1.807, 2.05) is 13.2 Å². The molecule has 3 rings (SSSR count). The summed E-state index contributed by atoms with van der Waals surface area (Å²) >= 11 is 0. The van der Waals surface area contributed by atoms with E-state index in [0.717, 1.165) is 24.1 Å². The zero-order valence-electron chi connectivity index (χ0n) is 14.2. The van der Waals surface area contributed by atoms with E-state index in [-0.39, 0.29) is 5.91 Å². The molecule has 1 saturated carbocycles. The van der Waals surface area contributed by atoms with Crippen molar-refractivity contribution in [2.45, 2.75) is 32.2 Å². The number of nitrogens with one attached hydrogen (secondary N) is 1. The molecule has 0 radical (unpaired) electrons.